The van der Waals surface area contributed by atoms with Gasteiger partial charge in [0.25, 0.3) is 0 Å². The second kappa shape index (κ2) is 6.31. The van der Waals surface area contributed by atoms with Crippen LogP contribution in [0.25, 0.3) is 0 Å². The molecule has 1 aromatic heterocycles. The van der Waals surface area contributed by atoms with Crippen molar-refractivity contribution in [2.45, 2.75) is 25.7 Å². The van der Waals surface area contributed by atoms with E-state index >= 15 is 0 Å². The fourth-order valence-electron chi connectivity index (χ4n) is 2.36. The summed E-state index contributed by atoms with van der Waals surface area (Å²) in [7, 11) is 0. The first-order valence-electron chi connectivity index (χ1n) is 6.56. The van der Waals surface area contributed by atoms with Gasteiger partial charge in [-0.25, -0.2) is 0 Å². The predicted octanol–water partition coefficient (Wildman–Crippen LogP) is 1.34. The van der Waals surface area contributed by atoms with Crippen LogP contribution in [0.15, 0.2) is 24.5 Å². The molecule has 1 aliphatic heterocycles. The van der Waals surface area contributed by atoms with Crippen molar-refractivity contribution in [3.05, 3.63) is 30.1 Å². The lowest BCUT2D eigenvalue weighted by atomic mass is 9.98. The number of carbonyl (C=O) groups excluding carboxylic acids is 1. The van der Waals surface area contributed by atoms with Crippen molar-refractivity contribution in [3.63, 3.8) is 0 Å². The van der Waals surface area contributed by atoms with Gasteiger partial charge in [-0.05, 0) is 30.9 Å². The van der Waals surface area contributed by atoms with Crippen LogP contribution in [0.1, 0.15) is 24.8 Å². The summed E-state index contributed by atoms with van der Waals surface area (Å²) in [6, 6.07) is 3.79. The Bertz CT molecular complexity index is 447. The molecule has 0 unspecified atom stereocenters. The van der Waals surface area contributed by atoms with Crippen LogP contribution >= 0.6 is 0 Å². The standard InChI is InChI=1S/C14H18N2O3/c17-13(6-5-11-3-1-7-15-9-11)16-8-2-4-12(10-16)14(18)19/h1,3,7,9,12H,2,4-6,8,10H2,(H,18,19)/t12-/m0/s1. The number of likely N-dealkylation sites (tertiary alicyclic amines) is 1. The summed E-state index contributed by atoms with van der Waals surface area (Å²) in [5.41, 5.74) is 1.03. The van der Waals surface area contributed by atoms with Crippen LogP contribution < -0.4 is 0 Å². The van der Waals surface area contributed by atoms with Crippen molar-refractivity contribution < 1.29 is 14.7 Å². The number of nitrogens with zero attached hydrogens (tertiary/aromatic N) is 2. The van der Waals surface area contributed by atoms with Gasteiger partial charge < -0.3 is 10.0 Å². The lowest BCUT2D eigenvalue weighted by Gasteiger charge is -2.30. The van der Waals surface area contributed by atoms with Gasteiger partial charge in [-0.2, -0.15) is 0 Å². The topological polar surface area (TPSA) is 70.5 Å². The van der Waals surface area contributed by atoms with E-state index in [4.69, 9.17) is 5.11 Å². The van der Waals surface area contributed by atoms with Crippen LogP contribution in [0.2, 0.25) is 0 Å². The summed E-state index contributed by atoms with van der Waals surface area (Å²) < 4.78 is 0. The second-order valence-electron chi connectivity index (χ2n) is 4.88. The molecule has 1 saturated heterocycles. The van der Waals surface area contributed by atoms with E-state index in [1.807, 2.05) is 12.1 Å². The van der Waals surface area contributed by atoms with Crippen molar-refractivity contribution in [3.8, 4) is 0 Å². The van der Waals surface area contributed by atoms with E-state index in [1.54, 1.807) is 17.3 Å². The highest BCUT2D eigenvalue weighted by molar-refractivity contribution is 5.78. The average Bonchev–Trinajstić information content (AvgIpc) is 2.46. The molecule has 19 heavy (non-hydrogen) atoms. The molecule has 102 valence electrons. The molecule has 0 aromatic carbocycles. The molecule has 1 N–H and O–H groups in total. The second-order valence-corrected chi connectivity index (χ2v) is 4.88. The van der Waals surface area contributed by atoms with E-state index in [0.29, 0.717) is 32.4 Å². The maximum absolute atomic E-state index is 12.1. The number of amides is 1. The lowest BCUT2D eigenvalue weighted by Crippen LogP contribution is -2.42. The molecule has 0 saturated carbocycles. The zero-order chi connectivity index (χ0) is 13.7. The van der Waals surface area contributed by atoms with Gasteiger partial charge in [0.15, 0.2) is 0 Å². The molecule has 5 nitrogen and oxygen atoms in total. The van der Waals surface area contributed by atoms with Crippen LogP contribution in [0.4, 0.5) is 0 Å². The lowest BCUT2D eigenvalue weighted by molar-refractivity contribution is -0.145. The van der Waals surface area contributed by atoms with Gasteiger partial charge in [0.1, 0.15) is 0 Å². The van der Waals surface area contributed by atoms with E-state index < -0.39 is 11.9 Å². The minimum Gasteiger partial charge on any atom is -0.481 e. The summed E-state index contributed by atoms with van der Waals surface area (Å²) in [6.45, 7) is 1.02. The Hall–Kier alpha value is -1.91. The third-order valence-corrected chi connectivity index (χ3v) is 3.47. The van der Waals surface area contributed by atoms with Gasteiger partial charge in [-0.1, -0.05) is 6.07 Å². The number of aryl methyl sites for hydroxylation is 1. The molecule has 1 aliphatic rings. The van der Waals surface area contributed by atoms with Crippen molar-refractivity contribution in [2.75, 3.05) is 13.1 Å². The highest BCUT2D eigenvalue weighted by atomic mass is 16.4. The van der Waals surface area contributed by atoms with Gasteiger partial charge in [0.05, 0.1) is 5.92 Å². The number of hydrogen-bond acceptors (Lipinski definition) is 3. The first kappa shape index (κ1) is 13.5. The van der Waals surface area contributed by atoms with Gasteiger partial charge in [0, 0.05) is 31.9 Å². The maximum atomic E-state index is 12.1. The zero-order valence-corrected chi connectivity index (χ0v) is 10.8. The smallest absolute Gasteiger partial charge is 0.308 e. The average molecular weight is 262 g/mol. The number of rotatable bonds is 4. The summed E-state index contributed by atoms with van der Waals surface area (Å²) in [5, 5.41) is 9.00. The third kappa shape index (κ3) is 3.77. The molecule has 0 aliphatic carbocycles. The Morgan fingerprint density at radius 2 is 2.32 bits per heavy atom. The zero-order valence-electron chi connectivity index (χ0n) is 10.8. The van der Waals surface area contributed by atoms with Crippen LogP contribution in [0, 0.1) is 5.92 Å². The Balaban J connectivity index is 1.84. The SMILES string of the molecule is O=C(O)[C@H]1CCCN(C(=O)CCc2cccnc2)C1. The van der Waals surface area contributed by atoms with E-state index in [-0.39, 0.29) is 5.91 Å². The van der Waals surface area contributed by atoms with Crippen molar-refractivity contribution in [1.29, 1.82) is 0 Å². The first-order valence-corrected chi connectivity index (χ1v) is 6.56. The molecule has 2 rings (SSSR count). The first-order chi connectivity index (χ1) is 9.16. The van der Waals surface area contributed by atoms with E-state index in [0.717, 1.165) is 12.0 Å². The minimum atomic E-state index is -0.801. The van der Waals surface area contributed by atoms with E-state index in [9.17, 15) is 9.59 Å². The maximum Gasteiger partial charge on any atom is 0.308 e. The Morgan fingerprint density at radius 3 is 3.00 bits per heavy atom. The minimum absolute atomic E-state index is 0.0369. The van der Waals surface area contributed by atoms with Gasteiger partial charge in [-0.3, -0.25) is 14.6 Å². The highest BCUT2D eigenvalue weighted by Crippen LogP contribution is 2.17. The summed E-state index contributed by atoms with van der Waals surface area (Å²) in [4.78, 5) is 28.7. The molecule has 1 aromatic rings. The Morgan fingerprint density at radius 1 is 1.47 bits per heavy atom. The van der Waals surface area contributed by atoms with E-state index in [1.165, 1.54) is 0 Å². The summed E-state index contributed by atoms with van der Waals surface area (Å²) in [6.07, 6.45) is 5.97. The molecule has 5 heteroatoms. The molecule has 1 amide bonds. The van der Waals surface area contributed by atoms with Gasteiger partial charge >= 0.3 is 5.97 Å². The fourth-order valence-corrected chi connectivity index (χ4v) is 2.36. The van der Waals surface area contributed by atoms with Crippen LogP contribution in [-0.2, 0) is 16.0 Å². The number of carbonyl (C=O) groups is 2. The van der Waals surface area contributed by atoms with Gasteiger partial charge in [-0.15, -0.1) is 0 Å². The quantitative estimate of drug-likeness (QED) is 0.888. The number of piperidine rings is 1. The number of aliphatic carboxylic acids is 1. The molecule has 0 radical (unpaired) electrons. The van der Waals surface area contributed by atoms with Gasteiger partial charge in [0.2, 0.25) is 5.91 Å². The molecular weight excluding hydrogens is 244 g/mol. The highest BCUT2D eigenvalue weighted by Gasteiger charge is 2.27. The molecule has 0 bridgehead atoms. The molecule has 1 fully saturated rings. The number of pyridine rings is 1. The molecular formula is C14H18N2O3. The monoisotopic (exact) mass is 262 g/mol. The molecule has 1 atom stereocenters. The van der Waals surface area contributed by atoms with Crippen molar-refractivity contribution in [1.82, 2.24) is 9.88 Å². The van der Waals surface area contributed by atoms with Crippen molar-refractivity contribution >= 4 is 11.9 Å². The predicted molar refractivity (Wildman–Crippen MR) is 69.5 cm³/mol. The largest absolute Gasteiger partial charge is 0.481 e. The van der Waals surface area contributed by atoms with Crippen LogP contribution in [0.5, 0.6) is 0 Å². The Kier molecular flexibility index (Phi) is 4.49. The van der Waals surface area contributed by atoms with Crippen LogP contribution in [0.3, 0.4) is 0 Å². The fraction of sp³-hybridized carbons (Fsp3) is 0.500. The summed E-state index contributed by atoms with van der Waals surface area (Å²) in [5.74, 6) is -1.17. The third-order valence-electron chi connectivity index (χ3n) is 3.47. The number of aromatic nitrogens is 1. The Labute approximate surface area is 112 Å². The number of hydrogen-bond donors (Lipinski definition) is 1. The molecule has 0 spiro atoms. The normalized spacial score (nSPS) is 19.2. The van der Waals surface area contributed by atoms with E-state index in [2.05, 4.69) is 4.98 Å². The van der Waals surface area contributed by atoms with Crippen molar-refractivity contribution in [2.24, 2.45) is 5.92 Å². The summed E-state index contributed by atoms with van der Waals surface area (Å²) >= 11 is 0. The molecule has 2 heterocycles. The number of carboxylic acids is 1. The number of carboxylic acid groups (broad SMARTS) is 1. The van der Waals surface area contributed by atoms with Crippen LogP contribution in [-0.4, -0.2) is 40.0 Å².